The second kappa shape index (κ2) is 2.89. The van der Waals surface area contributed by atoms with Crippen LogP contribution >= 0.6 is 0 Å². The zero-order valence-electron chi connectivity index (χ0n) is 6.15. The van der Waals surface area contributed by atoms with E-state index in [-0.39, 0.29) is 0 Å². The Morgan fingerprint density at radius 3 is 1.75 bits per heavy atom. The van der Waals surface area contributed by atoms with E-state index in [1.54, 1.807) is 0 Å². The van der Waals surface area contributed by atoms with Crippen LogP contribution < -0.4 is 5.73 Å². The summed E-state index contributed by atoms with van der Waals surface area (Å²) in [6, 6.07) is 0. The molecular formula is C6H15AsN. The first kappa shape index (κ1) is 8.52. The van der Waals surface area contributed by atoms with Gasteiger partial charge in [-0.1, -0.05) is 0 Å². The molecule has 0 atom stereocenters. The van der Waals surface area contributed by atoms with Crippen molar-refractivity contribution in [2.45, 2.75) is 29.5 Å². The normalized spacial score (nSPS) is 12.8. The Hall–Kier alpha value is 0.518. The molecular weight excluding hydrogens is 161 g/mol. The van der Waals surface area contributed by atoms with E-state index in [0.29, 0.717) is 10.7 Å². The van der Waals surface area contributed by atoms with Gasteiger partial charge in [0.05, 0.1) is 0 Å². The van der Waals surface area contributed by atoms with Crippen molar-refractivity contribution in [2.75, 3.05) is 6.54 Å². The molecule has 0 aromatic heterocycles. The van der Waals surface area contributed by atoms with Crippen LogP contribution in [0.15, 0.2) is 0 Å². The Morgan fingerprint density at radius 1 is 1.38 bits per heavy atom. The summed E-state index contributed by atoms with van der Waals surface area (Å²) in [6.45, 7) is 4.99. The molecule has 0 aromatic rings. The molecule has 2 heteroatoms. The molecule has 0 aliphatic rings. The van der Waals surface area contributed by atoms with Crippen LogP contribution in [0.4, 0.5) is 0 Å². The van der Waals surface area contributed by atoms with Crippen molar-refractivity contribution in [1.82, 2.24) is 5.73 Å². The zero-order valence-corrected chi connectivity index (χ0v) is 8.03. The van der Waals surface area contributed by atoms with Crippen LogP contribution in [0.3, 0.4) is 0 Å². The zero-order chi connectivity index (χ0) is 6.78. The van der Waals surface area contributed by atoms with Gasteiger partial charge in [0, 0.05) is 0 Å². The maximum atomic E-state index is 7.17. The van der Waals surface area contributed by atoms with Gasteiger partial charge in [0.15, 0.2) is 0 Å². The monoisotopic (exact) mass is 176 g/mol. The van der Waals surface area contributed by atoms with Crippen LogP contribution in [0, 0.1) is 0 Å². The molecule has 49 valence electrons. The first-order valence-electron chi connectivity index (χ1n) is 2.83. The molecule has 1 nitrogen and oxygen atoms in total. The molecule has 0 saturated carbocycles. The SMILES string of the molecule is C[As](C)C(C)(C)C[NH]. The molecule has 1 N–H and O–H groups in total. The average molecular weight is 176 g/mol. The Morgan fingerprint density at radius 2 is 1.75 bits per heavy atom. The van der Waals surface area contributed by atoms with Crippen LogP contribution in [-0.4, -0.2) is 21.2 Å². The summed E-state index contributed by atoms with van der Waals surface area (Å²) in [5.41, 5.74) is 11.8. The van der Waals surface area contributed by atoms with E-state index in [9.17, 15) is 0 Å². The van der Waals surface area contributed by atoms with Gasteiger partial charge >= 0.3 is 56.4 Å². The fraction of sp³-hybridized carbons (Fsp3) is 1.00. The molecule has 0 aromatic carbocycles. The van der Waals surface area contributed by atoms with Crippen LogP contribution in [0.25, 0.3) is 0 Å². The van der Waals surface area contributed by atoms with Gasteiger partial charge in [0.2, 0.25) is 0 Å². The molecule has 0 saturated heterocycles. The van der Waals surface area contributed by atoms with Gasteiger partial charge in [-0.25, -0.2) is 0 Å². The predicted octanol–water partition coefficient (Wildman–Crippen LogP) is 1.80. The van der Waals surface area contributed by atoms with Gasteiger partial charge in [0.25, 0.3) is 0 Å². The third-order valence-corrected chi connectivity index (χ3v) is 7.06. The van der Waals surface area contributed by atoms with Gasteiger partial charge in [-0.3, -0.25) is 0 Å². The minimum absolute atomic E-state index is 0.354. The quantitative estimate of drug-likeness (QED) is 0.573. The number of nitrogens with one attached hydrogen (secondary N) is 1. The minimum atomic E-state index is -0.627. The van der Waals surface area contributed by atoms with E-state index in [4.69, 9.17) is 5.73 Å². The summed E-state index contributed by atoms with van der Waals surface area (Å²) in [5.74, 6) is 0. The molecule has 0 aliphatic carbocycles. The van der Waals surface area contributed by atoms with Gasteiger partial charge in [0.1, 0.15) is 0 Å². The molecule has 0 spiro atoms. The van der Waals surface area contributed by atoms with Gasteiger partial charge in [-0.2, -0.15) is 0 Å². The van der Waals surface area contributed by atoms with E-state index in [0.717, 1.165) is 0 Å². The van der Waals surface area contributed by atoms with Crippen molar-refractivity contribution in [3.63, 3.8) is 0 Å². The summed E-state index contributed by atoms with van der Waals surface area (Å²) >= 11 is -0.627. The van der Waals surface area contributed by atoms with E-state index in [2.05, 4.69) is 25.3 Å². The Bertz CT molecular complexity index is 68.9. The molecule has 0 aliphatic heterocycles. The maximum absolute atomic E-state index is 7.17. The van der Waals surface area contributed by atoms with Crippen molar-refractivity contribution in [3.05, 3.63) is 0 Å². The number of hydrogen-bond acceptors (Lipinski definition) is 0. The molecule has 0 bridgehead atoms. The van der Waals surface area contributed by atoms with Crippen LogP contribution in [-0.2, 0) is 0 Å². The second-order valence-corrected chi connectivity index (χ2v) is 9.18. The average Bonchev–Trinajstić information content (AvgIpc) is 1.67. The van der Waals surface area contributed by atoms with Gasteiger partial charge < -0.3 is 0 Å². The van der Waals surface area contributed by atoms with Crippen LogP contribution in [0.5, 0.6) is 0 Å². The third-order valence-electron chi connectivity index (χ3n) is 1.64. The standard InChI is InChI=1S/C6H15AsN/c1-6(2,5-8)7(3)4/h8H,5H2,1-4H3. The molecule has 0 heterocycles. The van der Waals surface area contributed by atoms with Crippen molar-refractivity contribution in [1.29, 1.82) is 0 Å². The molecule has 0 unspecified atom stereocenters. The Balaban J connectivity index is 3.71. The van der Waals surface area contributed by atoms with Crippen molar-refractivity contribution in [3.8, 4) is 0 Å². The van der Waals surface area contributed by atoms with E-state index in [1.165, 1.54) is 0 Å². The molecule has 1 radical (unpaired) electrons. The second-order valence-electron chi connectivity index (χ2n) is 2.88. The predicted molar refractivity (Wildman–Crippen MR) is 39.5 cm³/mol. The topological polar surface area (TPSA) is 23.8 Å². The fourth-order valence-corrected chi connectivity index (χ4v) is 0.822. The van der Waals surface area contributed by atoms with Gasteiger partial charge in [-0.15, -0.1) is 0 Å². The summed E-state index contributed by atoms with van der Waals surface area (Å²) in [5, 5.41) is 0. The van der Waals surface area contributed by atoms with Crippen molar-refractivity contribution in [2.24, 2.45) is 0 Å². The molecule has 8 heavy (non-hydrogen) atoms. The van der Waals surface area contributed by atoms with Crippen LogP contribution in [0.2, 0.25) is 15.6 Å². The molecule has 0 amide bonds. The summed E-state index contributed by atoms with van der Waals surface area (Å²) in [6.07, 6.45) is 0. The number of hydrogen-bond donors (Lipinski definition) is 0. The van der Waals surface area contributed by atoms with Crippen molar-refractivity contribution < 1.29 is 0 Å². The molecule has 0 rings (SSSR count). The summed E-state index contributed by atoms with van der Waals surface area (Å²) in [4.78, 5) is 0. The van der Waals surface area contributed by atoms with Gasteiger partial charge in [-0.05, 0) is 0 Å². The van der Waals surface area contributed by atoms with E-state index in [1.807, 2.05) is 0 Å². The van der Waals surface area contributed by atoms with Crippen LogP contribution in [0.1, 0.15) is 13.8 Å². The number of rotatable bonds is 2. The van der Waals surface area contributed by atoms with Crippen molar-refractivity contribution >= 4 is 14.7 Å². The first-order chi connectivity index (χ1) is 3.50. The fourth-order valence-electron chi connectivity index (χ4n) is 0.158. The van der Waals surface area contributed by atoms with E-state index >= 15 is 0 Å². The summed E-state index contributed by atoms with van der Waals surface area (Å²) < 4.78 is 0.354. The Labute approximate surface area is 56.9 Å². The van der Waals surface area contributed by atoms with E-state index < -0.39 is 14.7 Å². The Kier molecular flexibility index (Phi) is 3.07. The first-order valence-corrected chi connectivity index (χ1v) is 7.52. The molecule has 0 fully saturated rings. The summed E-state index contributed by atoms with van der Waals surface area (Å²) in [7, 11) is 0. The third kappa shape index (κ3) is 2.19.